The summed E-state index contributed by atoms with van der Waals surface area (Å²) in [6.45, 7) is 3.79. The maximum absolute atomic E-state index is 12.1. The summed E-state index contributed by atoms with van der Waals surface area (Å²) in [6, 6.07) is -0.0563. The number of carbonyl (C=O) groups excluding carboxylic acids is 2. The Bertz CT molecular complexity index is 328. The number of carbonyl (C=O) groups is 2. The lowest BCUT2D eigenvalue weighted by Gasteiger charge is -2.35. The molecule has 1 saturated carbocycles. The first-order valence-electron chi connectivity index (χ1n) is 6.90. The van der Waals surface area contributed by atoms with Crippen LogP contribution in [-0.4, -0.2) is 30.9 Å². The lowest BCUT2D eigenvalue weighted by molar-refractivity contribution is -0.129. The van der Waals surface area contributed by atoms with Crippen LogP contribution < -0.4 is 16.4 Å². The van der Waals surface area contributed by atoms with Crippen LogP contribution in [0.2, 0.25) is 0 Å². The van der Waals surface area contributed by atoms with E-state index in [1.54, 1.807) is 0 Å². The van der Waals surface area contributed by atoms with Crippen molar-refractivity contribution in [3.05, 3.63) is 0 Å². The highest BCUT2D eigenvalue weighted by Gasteiger charge is 2.34. The summed E-state index contributed by atoms with van der Waals surface area (Å²) < 4.78 is 0. The molecule has 2 rings (SSSR count). The van der Waals surface area contributed by atoms with Gasteiger partial charge in [-0.05, 0) is 31.8 Å². The van der Waals surface area contributed by atoms with Gasteiger partial charge in [-0.2, -0.15) is 0 Å². The van der Waals surface area contributed by atoms with E-state index in [9.17, 15) is 9.59 Å². The van der Waals surface area contributed by atoms with Gasteiger partial charge in [0.05, 0.1) is 5.92 Å². The maximum Gasteiger partial charge on any atom is 0.223 e. The highest BCUT2D eigenvalue weighted by Crippen LogP contribution is 2.25. The van der Waals surface area contributed by atoms with E-state index in [1.165, 1.54) is 0 Å². The molecular formula is C13H23N3O2. The fraction of sp³-hybridized carbons (Fsp3) is 0.846. The quantitative estimate of drug-likeness (QED) is 0.659. The first kappa shape index (κ1) is 13.3. The molecule has 2 fully saturated rings. The van der Waals surface area contributed by atoms with Gasteiger partial charge in [0.2, 0.25) is 11.8 Å². The Morgan fingerprint density at radius 1 is 1.28 bits per heavy atom. The minimum absolute atomic E-state index is 0.0155. The van der Waals surface area contributed by atoms with Crippen LogP contribution in [0, 0.1) is 17.8 Å². The van der Waals surface area contributed by atoms with E-state index in [-0.39, 0.29) is 29.7 Å². The van der Waals surface area contributed by atoms with E-state index in [4.69, 9.17) is 5.73 Å². The van der Waals surface area contributed by atoms with Gasteiger partial charge < -0.3 is 16.4 Å². The number of nitrogens with two attached hydrogens (primary N) is 1. The van der Waals surface area contributed by atoms with Crippen LogP contribution in [0.1, 0.15) is 32.6 Å². The lowest BCUT2D eigenvalue weighted by atomic mass is 9.82. The van der Waals surface area contributed by atoms with Crippen molar-refractivity contribution in [3.63, 3.8) is 0 Å². The SMILES string of the molecule is CC(C(=O)NC1CCCCC1C(N)=O)C1CNC1. The van der Waals surface area contributed by atoms with E-state index < -0.39 is 0 Å². The van der Waals surface area contributed by atoms with Crippen molar-refractivity contribution in [1.82, 2.24) is 10.6 Å². The molecule has 1 saturated heterocycles. The highest BCUT2D eigenvalue weighted by molar-refractivity contribution is 5.82. The van der Waals surface area contributed by atoms with Crippen LogP contribution in [0.15, 0.2) is 0 Å². The normalized spacial score (nSPS) is 30.3. The summed E-state index contributed by atoms with van der Waals surface area (Å²) in [6.07, 6.45) is 3.77. The van der Waals surface area contributed by atoms with Crippen molar-refractivity contribution >= 4 is 11.8 Å². The Hall–Kier alpha value is -1.10. The van der Waals surface area contributed by atoms with Gasteiger partial charge in [-0.3, -0.25) is 9.59 Å². The zero-order valence-corrected chi connectivity index (χ0v) is 10.9. The van der Waals surface area contributed by atoms with E-state index in [2.05, 4.69) is 10.6 Å². The van der Waals surface area contributed by atoms with Crippen molar-refractivity contribution in [2.45, 2.75) is 38.6 Å². The van der Waals surface area contributed by atoms with Crippen LogP contribution in [0.3, 0.4) is 0 Å². The minimum Gasteiger partial charge on any atom is -0.369 e. The Balaban J connectivity index is 1.89. The second-order valence-corrected chi connectivity index (χ2v) is 5.62. The molecule has 4 N–H and O–H groups in total. The van der Waals surface area contributed by atoms with Gasteiger partial charge in [0, 0.05) is 12.0 Å². The number of primary amides is 1. The molecule has 0 aromatic heterocycles. The van der Waals surface area contributed by atoms with Gasteiger partial charge in [0.1, 0.15) is 0 Å². The van der Waals surface area contributed by atoms with Crippen LogP contribution in [0.25, 0.3) is 0 Å². The molecule has 102 valence electrons. The molecule has 1 aliphatic carbocycles. The molecule has 0 bridgehead atoms. The molecule has 5 nitrogen and oxygen atoms in total. The van der Waals surface area contributed by atoms with Crippen LogP contribution in [-0.2, 0) is 9.59 Å². The van der Waals surface area contributed by atoms with E-state index >= 15 is 0 Å². The summed E-state index contributed by atoms with van der Waals surface area (Å²) in [7, 11) is 0. The third-order valence-electron chi connectivity index (χ3n) is 4.39. The fourth-order valence-corrected chi connectivity index (χ4v) is 2.84. The summed E-state index contributed by atoms with van der Waals surface area (Å²) >= 11 is 0. The van der Waals surface area contributed by atoms with Crippen molar-refractivity contribution in [2.75, 3.05) is 13.1 Å². The predicted molar refractivity (Wildman–Crippen MR) is 68.6 cm³/mol. The largest absolute Gasteiger partial charge is 0.369 e. The molecule has 0 aromatic rings. The summed E-state index contributed by atoms with van der Waals surface area (Å²) in [5, 5.41) is 6.21. The van der Waals surface area contributed by atoms with Crippen molar-refractivity contribution in [3.8, 4) is 0 Å². The number of amides is 2. The lowest BCUT2D eigenvalue weighted by Crippen LogP contribution is -2.53. The standard InChI is InChI=1S/C13H23N3O2/c1-8(9-6-15-7-9)13(18)16-11-5-3-2-4-10(11)12(14)17/h8-11,15H,2-7H2,1H3,(H2,14,17)(H,16,18). The second kappa shape index (κ2) is 5.69. The number of hydrogen-bond donors (Lipinski definition) is 3. The van der Waals surface area contributed by atoms with Gasteiger partial charge in [0.25, 0.3) is 0 Å². The third-order valence-corrected chi connectivity index (χ3v) is 4.39. The molecule has 1 aliphatic heterocycles. The summed E-state index contributed by atoms with van der Waals surface area (Å²) in [5.41, 5.74) is 5.41. The van der Waals surface area contributed by atoms with Gasteiger partial charge in [-0.1, -0.05) is 19.8 Å². The third kappa shape index (κ3) is 2.83. The van der Waals surface area contributed by atoms with Crippen LogP contribution in [0.5, 0.6) is 0 Å². The first-order valence-corrected chi connectivity index (χ1v) is 6.90. The Morgan fingerprint density at radius 3 is 2.50 bits per heavy atom. The molecule has 3 atom stereocenters. The topological polar surface area (TPSA) is 84.2 Å². The second-order valence-electron chi connectivity index (χ2n) is 5.62. The molecule has 0 radical (unpaired) electrons. The van der Waals surface area contributed by atoms with Crippen molar-refractivity contribution < 1.29 is 9.59 Å². The monoisotopic (exact) mass is 253 g/mol. The molecule has 5 heteroatoms. The zero-order valence-electron chi connectivity index (χ0n) is 10.9. The average Bonchev–Trinajstić information content (AvgIpc) is 2.27. The Morgan fingerprint density at radius 2 is 1.94 bits per heavy atom. The van der Waals surface area contributed by atoms with Gasteiger partial charge in [0.15, 0.2) is 0 Å². The smallest absolute Gasteiger partial charge is 0.223 e. The molecule has 2 amide bonds. The van der Waals surface area contributed by atoms with Gasteiger partial charge >= 0.3 is 0 Å². The average molecular weight is 253 g/mol. The van der Waals surface area contributed by atoms with Gasteiger partial charge in [-0.15, -0.1) is 0 Å². The Labute approximate surface area is 108 Å². The van der Waals surface area contributed by atoms with E-state index in [0.717, 1.165) is 38.8 Å². The minimum atomic E-state index is -0.280. The number of nitrogens with one attached hydrogen (secondary N) is 2. The highest BCUT2D eigenvalue weighted by atomic mass is 16.2. The van der Waals surface area contributed by atoms with Gasteiger partial charge in [-0.25, -0.2) is 0 Å². The summed E-state index contributed by atoms with van der Waals surface area (Å²) in [5.74, 6) is 0.0503. The van der Waals surface area contributed by atoms with Crippen molar-refractivity contribution in [1.29, 1.82) is 0 Å². The van der Waals surface area contributed by atoms with Crippen LogP contribution >= 0.6 is 0 Å². The zero-order chi connectivity index (χ0) is 13.1. The summed E-state index contributed by atoms with van der Waals surface area (Å²) in [4.78, 5) is 23.5. The number of rotatable bonds is 4. The first-order chi connectivity index (χ1) is 8.59. The molecule has 0 spiro atoms. The molecule has 1 heterocycles. The molecule has 0 aromatic carbocycles. The van der Waals surface area contributed by atoms with Crippen LogP contribution in [0.4, 0.5) is 0 Å². The molecule has 3 unspecified atom stereocenters. The number of hydrogen-bond acceptors (Lipinski definition) is 3. The molecular weight excluding hydrogens is 230 g/mol. The van der Waals surface area contributed by atoms with E-state index in [1.807, 2.05) is 6.92 Å². The van der Waals surface area contributed by atoms with Crippen molar-refractivity contribution in [2.24, 2.45) is 23.5 Å². The Kier molecular flexibility index (Phi) is 4.22. The predicted octanol–water partition coefficient (Wildman–Crippen LogP) is 0.00220. The molecule has 18 heavy (non-hydrogen) atoms. The van der Waals surface area contributed by atoms with E-state index in [0.29, 0.717) is 5.92 Å². The maximum atomic E-state index is 12.1. The fourth-order valence-electron chi connectivity index (χ4n) is 2.84. The molecule has 2 aliphatic rings.